The molecule has 11 nitrogen and oxygen atoms in total. The van der Waals surface area contributed by atoms with E-state index in [1.807, 2.05) is 32.6 Å². The Balaban J connectivity index is 1.45. The van der Waals surface area contributed by atoms with Crippen molar-refractivity contribution in [2.24, 2.45) is 0 Å². The third-order valence-corrected chi connectivity index (χ3v) is 7.25. The molecule has 0 unspecified atom stereocenters. The van der Waals surface area contributed by atoms with Crippen LogP contribution in [-0.2, 0) is 9.53 Å². The number of carbonyl (C=O) groups is 3. The first kappa shape index (κ1) is 37.5. The van der Waals surface area contributed by atoms with Crippen molar-refractivity contribution in [1.82, 2.24) is 15.2 Å². The number of hydrogen-bond acceptors (Lipinski definition) is 9. The highest BCUT2D eigenvalue weighted by Gasteiger charge is 2.25. The normalized spacial score (nSPS) is 10.8. The Hall–Kier alpha value is -4.93. The molecule has 2 amide bonds. The number of carbonyl (C=O) groups excluding carboxylic acids is 3. The number of ether oxygens (including phenoxy) is 4. The van der Waals surface area contributed by atoms with Gasteiger partial charge >= 0.3 is 5.97 Å². The average Bonchev–Trinajstić information content (AvgIpc) is 3.06. The third kappa shape index (κ3) is 12.0. The van der Waals surface area contributed by atoms with Crippen molar-refractivity contribution in [1.29, 1.82) is 5.41 Å². The Kier molecular flexibility index (Phi) is 15.4. The van der Waals surface area contributed by atoms with E-state index in [1.54, 1.807) is 67.7 Å². The predicted molar refractivity (Wildman–Crippen MR) is 184 cm³/mol. The van der Waals surface area contributed by atoms with Gasteiger partial charge < -0.3 is 29.2 Å². The van der Waals surface area contributed by atoms with Gasteiger partial charge in [0.25, 0.3) is 11.8 Å². The number of amidine groups is 1. The molecule has 48 heavy (non-hydrogen) atoms. The highest BCUT2D eigenvalue weighted by Crippen LogP contribution is 2.28. The van der Waals surface area contributed by atoms with E-state index in [0.717, 1.165) is 19.3 Å². The van der Waals surface area contributed by atoms with Crippen LogP contribution >= 0.6 is 0 Å². The molecular weight excluding hydrogens is 612 g/mol. The van der Waals surface area contributed by atoms with Crippen LogP contribution in [0.25, 0.3) is 0 Å². The molecule has 1 heterocycles. The van der Waals surface area contributed by atoms with Crippen molar-refractivity contribution in [3.05, 3.63) is 83.7 Å². The summed E-state index contributed by atoms with van der Waals surface area (Å²) in [6.45, 7) is 11.3. The largest absolute Gasteiger partial charge is 0.494 e. The second-order valence-electron chi connectivity index (χ2n) is 11.7. The van der Waals surface area contributed by atoms with Crippen molar-refractivity contribution in [2.45, 2.75) is 78.8 Å². The summed E-state index contributed by atoms with van der Waals surface area (Å²) in [6, 6.07) is 15.6. The van der Waals surface area contributed by atoms with Gasteiger partial charge in [-0.15, -0.1) is 0 Å². The van der Waals surface area contributed by atoms with Gasteiger partial charge in [0.05, 0.1) is 37.6 Å². The molecule has 2 aromatic carbocycles. The number of pyridine rings is 1. The van der Waals surface area contributed by atoms with Crippen molar-refractivity contribution < 1.29 is 33.3 Å². The van der Waals surface area contributed by atoms with Gasteiger partial charge in [0.2, 0.25) is 0 Å². The minimum Gasteiger partial charge on any atom is -0.494 e. The van der Waals surface area contributed by atoms with Crippen LogP contribution in [0.1, 0.15) is 93.0 Å². The first-order valence-corrected chi connectivity index (χ1v) is 16.5. The lowest BCUT2D eigenvalue weighted by atomic mass is 10.1. The molecule has 0 atom stereocenters. The van der Waals surface area contributed by atoms with E-state index in [4.69, 9.17) is 24.4 Å². The van der Waals surface area contributed by atoms with Crippen molar-refractivity contribution in [3.63, 3.8) is 0 Å². The number of aromatic nitrogens is 1. The monoisotopic (exact) mass is 660 g/mol. The third-order valence-electron chi connectivity index (χ3n) is 7.25. The lowest BCUT2D eigenvalue weighted by molar-refractivity contribution is -0.143. The fourth-order valence-corrected chi connectivity index (χ4v) is 4.96. The lowest BCUT2D eigenvalue weighted by Crippen LogP contribution is -2.42. The summed E-state index contributed by atoms with van der Waals surface area (Å²) in [5.41, 5.74) is 1.41. The van der Waals surface area contributed by atoms with E-state index in [1.165, 1.54) is 6.20 Å². The molecule has 3 aromatic rings. The van der Waals surface area contributed by atoms with Crippen LogP contribution < -0.4 is 19.5 Å². The van der Waals surface area contributed by atoms with E-state index < -0.39 is 0 Å². The van der Waals surface area contributed by atoms with E-state index in [9.17, 15) is 14.4 Å². The predicted octanol–water partition coefficient (Wildman–Crippen LogP) is 6.45. The topological polar surface area (TPSA) is 140 Å². The first-order chi connectivity index (χ1) is 23.1. The van der Waals surface area contributed by atoms with Crippen molar-refractivity contribution >= 4 is 23.6 Å². The summed E-state index contributed by atoms with van der Waals surface area (Å²) in [5, 5.41) is 10.8. The number of hydrogen-bond donors (Lipinski definition) is 2. The van der Waals surface area contributed by atoms with Crippen LogP contribution in [0.3, 0.4) is 0 Å². The van der Waals surface area contributed by atoms with Gasteiger partial charge in [-0.3, -0.25) is 24.8 Å². The van der Waals surface area contributed by atoms with E-state index in [0.29, 0.717) is 60.2 Å². The zero-order valence-corrected chi connectivity index (χ0v) is 28.6. The SMILES string of the molecule is CCOC(=O)CCCOc1cc(OCCCCCOc2ccc(C(=N)NC(=O)c3cccnc3)cc2)ccc1C(=O)N(C(C)C)C(C)C. The zero-order chi connectivity index (χ0) is 34.9. The minimum absolute atomic E-state index is 0.00239. The number of nitrogens with zero attached hydrogens (tertiary/aromatic N) is 2. The molecular formula is C37H48N4O7. The maximum Gasteiger partial charge on any atom is 0.305 e. The van der Waals surface area contributed by atoms with Gasteiger partial charge in [-0.1, -0.05) is 0 Å². The van der Waals surface area contributed by atoms with Gasteiger partial charge in [-0.25, -0.2) is 0 Å². The fourth-order valence-electron chi connectivity index (χ4n) is 4.96. The number of unbranched alkanes of at least 4 members (excludes halogenated alkanes) is 2. The molecule has 0 aliphatic heterocycles. The second-order valence-corrected chi connectivity index (χ2v) is 11.7. The number of nitrogens with one attached hydrogen (secondary N) is 2. The molecule has 3 rings (SSSR count). The lowest BCUT2D eigenvalue weighted by Gasteiger charge is -2.31. The smallest absolute Gasteiger partial charge is 0.305 e. The number of rotatable bonds is 19. The van der Waals surface area contributed by atoms with Crippen LogP contribution in [0.4, 0.5) is 0 Å². The zero-order valence-electron chi connectivity index (χ0n) is 28.6. The van der Waals surface area contributed by atoms with Crippen LogP contribution in [0.15, 0.2) is 67.0 Å². The molecule has 11 heteroatoms. The van der Waals surface area contributed by atoms with Crippen LogP contribution in [0.2, 0.25) is 0 Å². The van der Waals surface area contributed by atoms with Gasteiger partial charge in [0, 0.05) is 42.5 Å². The second kappa shape index (κ2) is 19.7. The van der Waals surface area contributed by atoms with Gasteiger partial charge in [-0.2, -0.15) is 0 Å². The fraction of sp³-hybridized carbons (Fsp3) is 0.432. The summed E-state index contributed by atoms with van der Waals surface area (Å²) in [6.07, 6.45) is 6.26. The maximum absolute atomic E-state index is 13.5. The summed E-state index contributed by atoms with van der Waals surface area (Å²) < 4.78 is 22.8. The van der Waals surface area contributed by atoms with E-state index in [2.05, 4.69) is 10.3 Å². The molecule has 0 saturated carbocycles. The number of benzene rings is 2. The molecule has 0 aliphatic carbocycles. The molecule has 258 valence electrons. The Morgan fingerprint density at radius 3 is 2.08 bits per heavy atom. The Labute approximate surface area is 283 Å². The molecule has 0 bridgehead atoms. The quantitative estimate of drug-likeness (QED) is 0.0648. The molecule has 0 radical (unpaired) electrons. The summed E-state index contributed by atoms with van der Waals surface area (Å²) in [4.78, 5) is 43.2. The Bertz CT molecular complexity index is 1470. The Morgan fingerprint density at radius 2 is 1.46 bits per heavy atom. The van der Waals surface area contributed by atoms with Crippen molar-refractivity contribution in [3.8, 4) is 17.2 Å². The highest BCUT2D eigenvalue weighted by atomic mass is 16.5. The van der Waals surface area contributed by atoms with Gasteiger partial charge in [0.15, 0.2) is 0 Å². The van der Waals surface area contributed by atoms with E-state index >= 15 is 0 Å². The van der Waals surface area contributed by atoms with Crippen molar-refractivity contribution in [2.75, 3.05) is 26.4 Å². The van der Waals surface area contributed by atoms with Crippen LogP contribution in [0.5, 0.6) is 17.2 Å². The number of esters is 1. The standard InChI is InChI=1S/C37H48N4O7/c1-6-45-34(42)13-11-23-48-33-24-31(18-19-32(33)37(44)41(26(2)3)27(4)5)47-22-9-7-8-21-46-30-16-14-28(15-17-30)35(38)40-36(43)29-12-10-20-39-25-29/h10,12,14-20,24-27H,6-9,11,13,21-23H2,1-5H3,(H2,38,40,43). The average molecular weight is 661 g/mol. The maximum atomic E-state index is 13.5. The first-order valence-electron chi connectivity index (χ1n) is 16.5. The summed E-state index contributed by atoms with van der Waals surface area (Å²) in [5.74, 6) is 0.929. The molecule has 1 aromatic heterocycles. The molecule has 0 spiro atoms. The molecule has 2 N–H and O–H groups in total. The van der Waals surface area contributed by atoms with Gasteiger partial charge in [-0.05, 0) is 109 Å². The Morgan fingerprint density at radius 1 is 0.812 bits per heavy atom. The minimum atomic E-state index is -0.388. The van der Waals surface area contributed by atoms with Gasteiger partial charge in [0.1, 0.15) is 23.1 Å². The number of amides is 2. The van der Waals surface area contributed by atoms with Crippen LogP contribution in [0, 0.1) is 5.41 Å². The molecule has 0 saturated heterocycles. The van der Waals surface area contributed by atoms with E-state index in [-0.39, 0.29) is 48.7 Å². The summed E-state index contributed by atoms with van der Waals surface area (Å²) in [7, 11) is 0. The molecule has 0 fully saturated rings. The highest BCUT2D eigenvalue weighted by molar-refractivity contribution is 6.11. The summed E-state index contributed by atoms with van der Waals surface area (Å²) >= 11 is 0. The molecule has 0 aliphatic rings. The van der Waals surface area contributed by atoms with Crippen LogP contribution in [-0.4, -0.2) is 72.0 Å².